The Morgan fingerprint density at radius 2 is 2.35 bits per heavy atom. The molecule has 1 N–H and O–H groups in total. The van der Waals surface area contributed by atoms with Gasteiger partial charge in [-0.1, -0.05) is 13.0 Å². The molecule has 0 fully saturated rings. The lowest BCUT2D eigenvalue weighted by atomic mass is 10.2. The van der Waals surface area contributed by atoms with E-state index in [-0.39, 0.29) is 0 Å². The number of nitrogens with one attached hydrogen (secondary N) is 1. The number of anilines is 1. The summed E-state index contributed by atoms with van der Waals surface area (Å²) in [5.41, 5.74) is 0. The summed E-state index contributed by atoms with van der Waals surface area (Å²) in [5, 5.41) is 6.47. The van der Waals surface area contributed by atoms with Crippen molar-refractivity contribution in [3.05, 3.63) is 28.2 Å². The molecule has 1 unspecified atom stereocenters. The zero-order valence-corrected chi connectivity index (χ0v) is 11.8. The van der Waals surface area contributed by atoms with Crippen LogP contribution in [0.3, 0.4) is 0 Å². The van der Waals surface area contributed by atoms with Crippen LogP contribution in [-0.4, -0.2) is 15.4 Å². The average molecular weight is 267 g/mol. The van der Waals surface area contributed by atoms with E-state index < -0.39 is 0 Å². The Bertz CT molecular complexity index is 436. The van der Waals surface area contributed by atoms with E-state index in [1.54, 1.807) is 11.3 Å². The molecule has 0 aromatic carbocycles. The van der Waals surface area contributed by atoms with Crippen LogP contribution in [0.1, 0.15) is 31.0 Å². The first-order valence-electron chi connectivity index (χ1n) is 5.89. The topological polar surface area (TPSA) is 37.8 Å². The van der Waals surface area contributed by atoms with Gasteiger partial charge in [0.05, 0.1) is 0 Å². The summed E-state index contributed by atoms with van der Waals surface area (Å²) in [4.78, 5) is 5.87. The fourth-order valence-corrected chi connectivity index (χ4v) is 3.19. The Hall–Kier alpha value is -0.940. The van der Waals surface area contributed by atoms with Gasteiger partial charge in [-0.25, -0.2) is 4.98 Å². The molecule has 92 valence electrons. The van der Waals surface area contributed by atoms with Crippen LogP contribution in [0.2, 0.25) is 0 Å². The van der Waals surface area contributed by atoms with Crippen molar-refractivity contribution in [3.63, 3.8) is 0 Å². The van der Waals surface area contributed by atoms with E-state index >= 15 is 0 Å². The van der Waals surface area contributed by atoms with Crippen LogP contribution in [-0.2, 0) is 12.8 Å². The highest BCUT2D eigenvalue weighted by Crippen LogP contribution is 2.16. The molecule has 0 aliphatic heterocycles. The minimum Gasteiger partial charge on any atom is -0.357 e. The highest BCUT2D eigenvalue weighted by Gasteiger charge is 2.08. The Kier molecular flexibility index (Phi) is 4.50. The second kappa shape index (κ2) is 6.12. The van der Waals surface area contributed by atoms with Crippen LogP contribution in [0, 0.1) is 0 Å². The zero-order chi connectivity index (χ0) is 12.1. The van der Waals surface area contributed by atoms with Crippen LogP contribution < -0.4 is 5.32 Å². The monoisotopic (exact) mass is 267 g/mol. The largest absolute Gasteiger partial charge is 0.357 e. The number of nitrogens with zero attached hydrogens (tertiary/aromatic N) is 2. The Morgan fingerprint density at radius 1 is 1.47 bits per heavy atom. The first-order chi connectivity index (χ1) is 8.28. The third-order valence-electron chi connectivity index (χ3n) is 2.40. The molecular weight excluding hydrogens is 250 g/mol. The molecule has 5 heteroatoms. The van der Waals surface area contributed by atoms with Gasteiger partial charge in [-0.2, -0.15) is 4.37 Å². The van der Waals surface area contributed by atoms with Crippen LogP contribution in [0.15, 0.2) is 17.5 Å². The lowest BCUT2D eigenvalue weighted by Gasteiger charge is -2.10. The molecular formula is C12H17N3S2. The Morgan fingerprint density at radius 3 is 3.06 bits per heavy atom. The molecule has 2 aromatic rings. The first-order valence-corrected chi connectivity index (χ1v) is 7.54. The van der Waals surface area contributed by atoms with Gasteiger partial charge < -0.3 is 5.32 Å². The highest BCUT2D eigenvalue weighted by molar-refractivity contribution is 7.10. The predicted molar refractivity (Wildman–Crippen MR) is 75.0 cm³/mol. The molecule has 1 atom stereocenters. The van der Waals surface area contributed by atoms with Crippen LogP contribution in [0.25, 0.3) is 0 Å². The van der Waals surface area contributed by atoms with Gasteiger partial charge in [0.1, 0.15) is 5.82 Å². The smallest absolute Gasteiger partial charge is 0.202 e. The maximum Gasteiger partial charge on any atom is 0.202 e. The van der Waals surface area contributed by atoms with Crippen molar-refractivity contribution in [1.29, 1.82) is 0 Å². The summed E-state index contributed by atoms with van der Waals surface area (Å²) in [6, 6.07) is 4.67. The summed E-state index contributed by atoms with van der Waals surface area (Å²) in [6.45, 7) is 4.33. The first kappa shape index (κ1) is 12.5. The van der Waals surface area contributed by atoms with Crippen molar-refractivity contribution in [2.24, 2.45) is 0 Å². The van der Waals surface area contributed by atoms with E-state index in [9.17, 15) is 0 Å². The third kappa shape index (κ3) is 3.78. The number of hydrogen-bond donors (Lipinski definition) is 1. The summed E-state index contributed by atoms with van der Waals surface area (Å²) < 4.78 is 4.33. The average Bonchev–Trinajstić information content (AvgIpc) is 2.91. The van der Waals surface area contributed by atoms with Crippen LogP contribution in [0.4, 0.5) is 5.13 Å². The lowest BCUT2D eigenvalue weighted by Crippen LogP contribution is -2.17. The molecule has 2 heterocycles. The summed E-state index contributed by atoms with van der Waals surface area (Å²) in [7, 11) is 0. The molecule has 0 aliphatic carbocycles. The van der Waals surface area contributed by atoms with Gasteiger partial charge in [-0.3, -0.25) is 0 Å². The van der Waals surface area contributed by atoms with Crippen molar-refractivity contribution < 1.29 is 0 Å². The van der Waals surface area contributed by atoms with Gasteiger partial charge in [0.2, 0.25) is 5.13 Å². The van der Waals surface area contributed by atoms with E-state index in [1.165, 1.54) is 16.4 Å². The molecule has 2 aromatic heterocycles. The summed E-state index contributed by atoms with van der Waals surface area (Å²) >= 11 is 3.26. The number of hydrogen-bond acceptors (Lipinski definition) is 5. The van der Waals surface area contributed by atoms with E-state index in [2.05, 4.69) is 46.0 Å². The Balaban J connectivity index is 1.86. The van der Waals surface area contributed by atoms with Gasteiger partial charge in [-0.05, 0) is 24.8 Å². The second-order valence-electron chi connectivity index (χ2n) is 4.09. The van der Waals surface area contributed by atoms with Gasteiger partial charge in [-0.15, -0.1) is 11.3 Å². The van der Waals surface area contributed by atoms with Gasteiger partial charge in [0.15, 0.2) is 0 Å². The molecule has 0 saturated heterocycles. The van der Waals surface area contributed by atoms with E-state index in [1.807, 2.05) is 0 Å². The molecule has 0 amide bonds. The molecule has 0 saturated carbocycles. The fourth-order valence-electron chi connectivity index (χ4n) is 1.63. The van der Waals surface area contributed by atoms with Gasteiger partial charge in [0, 0.05) is 35.3 Å². The van der Waals surface area contributed by atoms with Gasteiger partial charge in [0.25, 0.3) is 0 Å². The lowest BCUT2D eigenvalue weighted by molar-refractivity contribution is 0.794. The maximum atomic E-state index is 4.47. The van der Waals surface area contributed by atoms with E-state index in [4.69, 9.17) is 0 Å². The van der Waals surface area contributed by atoms with Gasteiger partial charge >= 0.3 is 0 Å². The molecule has 0 aliphatic rings. The van der Waals surface area contributed by atoms with Crippen molar-refractivity contribution in [2.45, 2.75) is 39.2 Å². The van der Waals surface area contributed by atoms with Crippen molar-refractivity contribution >= 4 is 28.0 Å². The Labute approximate surface area is 110 Å². The fraction of sp³-hybridized carbons (Fsp3) is 0.500. The molecule has 17 heavy (non-hydrogen) atoms. The quantitative estimate of drug-likeness (QED) is 0.869. The van der Waals surface area contributed by atoms with Crippen molar-refractivity contribution in [1.82, 2.24) is 9.36 Å². The van der Waals surface area contributed by atoms with Crippen LogP contribution in [0.5, 0.6) is 0 Å². The SMILES string of the molecule is CCCc1nsc(NC(C)Cc2cccs2)n1. The molecule has 0 spiro atoms. The van der Waals surface area contributed by atoms with E-state index in [0.717, 1.165) is 30.2 Å². The number of thiophene rings is 1. The third-order valence-corrected chi connectivity index (χ3v) is 3.98. The number of rotatable bonds is 6. The number of aryl methyl sites for hydroxylation is 1. The predicted octanol–water partition coefficient (Wildman–Crippen LogP) is 3.60. The summed E-state index contributed by atoms with van der Waals surface area (Å²) in [5.74, 6) is 0.961. The molecule has 0 radical (unpaired) electrons. The molecule has 3 nitrogen and oxygen atoms in total. The minimum atomic E-state index is 0.399. The zero-order valence-electron chi connectivity index (χ0n) is 10.1. The van der Waals surface area contributed by atoms with E-state index in [0.29, 0.717) is 6.04 Å². The minimum absolute atomic E-state index is 0.399. The molecule has 2 rings (SSSR count). The van der Waals surface area contributed by atoms with Crippen molar-refractivity contribution in [2.75, 3.05) is 5.32 Å². The number of aromatic nitrogens is 2. The van der Waals surface area contributed by atoms with Crippen molar-refractivity contribution in [3.8, 4) is 0 Å². The highest BCUT2D eigenvalue weighted by atomic mass is 32.1. The maximum absolute atomic E-state index is 4.47. The normalized spacial score (nSPS) is 12.6. The summed E-state index contributed by atoms with van der Waals surface area (Å²) in [6.07, 6.45) is 3.11. The molecule has 0 bridgehead atoms. The standard InChI is InChI=1S/C12H17N3S2/c1-3-5-11-14-12(17-15-11)13-9(2)8-10-6-4-7-16-10/h4,6-7,9H,3,5,8H2,1-2H3,(H,13,14,15). The van der Waals surface area contributed by atoms with Crippen LogP contribution >= 0.6 is 22.9 Å². The second-order valence-corrected chi connectivity index (χ2v) is 5.88.